The van der Waals surface area contributed by atoms with Gasteiger partial charge in [-0.25, -0.2) is 4.39 Å². The maximum Gasteiger partial charge on any atom is 0.160 e. The van der Waals surface area contributed by atoms with Crippen LogP contribution >= 0.6 is 23.2 Å². The Hall–Kier alpha value is -0.510. The predicted octanol–water partition coefficient (Wildman–Crippen LogP) is 4.20. The molecular formula is C15H21Cl2FN2. The molecule has 2 rings (SSSR count). The quantitative estimate of drug-likeness (QED) is 0.818. The average Bonchev–Trinajstić information content (AvgIpc) is 2.83. The summed E-state index contributed by atoms with van der Waals surface area (Å²) in [6, 6.07) is 3.32. The van der Waals surface area contributed by atoms with Gasteiger partial charge in [0, 0.05) is 18.8 Å². The van der Waals surface area contributed by atoms with Gasteiger partial charge in [0.05, 0.1) is 10.0 Å². The minimum absolute atomic E-state index is 0.0916. The Morgan fingerprint density at radius 3 is 2.60 bits per heavy atom. The van der Waals surface area contributed by atoms with Gasteiger partial charge >= 0.3 is 0 Å². The highest BCUT2D eigenvalue weighted by atomic mass is 35.5. The fraction of sp³-hybridized carbons (Fsp3) is 0.600. The number of benzene rings is 1. The fourth-order valence-electron chi connectivity index (χ4n) is 2.53. The monoisotopic (exact) mass is 318 g/mol. The Balaban J connectivity index is 1.92. The van der Waals surface area contributed by atoms with Crippen LogP contribution in [0.3, 0.4) is 0 Å². The van der Waals surface area contributed by atoms with E-state index in [-0.39, 0.29) is 10.0 Å². The summed E-state index contributed by atoms with van der Waals surface area (Å²) in [6.07, 6.45) is 1.14. The molecule has 1 N–H and O–H groups in total. The van der Waals surface area contributed by atoms with Crippen molar-refractivity contribution in [2.75, 3.05) is 31.1 Å². The van der Waals surface area contributed by atoms with Crippen molar-refractivity contribution in [2.24, 2.45) is 11.8 Å². The second kappa shape index (κ2) is 6.97. The number of hydrogen-bond donors (Lipinski definition) is 1. The van der Waals surface area contributed by atoms with Crippen LogP contribution in [-0.4, -0.2) is 26.2 Å². The Kier molecular flexibility index (Phi) is 5.53. The molecule has 20 heavy (non-hydrogen) atoms. The fourth-order valence-corrected chi connectivity index (χ4v) is 3.01. The molecule has 112 valence electrons. The number of rotatable bonds is 5. The molecule has 1 aromatic rings. The first-order chi connectivity index (χ1) is 9.47. The van der Waals surface area contributed by atoms with E-state index < -0.39 is 5.82 Å². The molecule has 1 heterocycles. The van der Waals surface area contributed by atoms with Gasteiger partial charge in [-0.05, 0) is 43.5 Å². The van der Waals surface area contributed by atoms with Crippen LogP contribution < -0.4 is 10.2 Å². The van der Waals surface area contributed by atoms with Gasteiger partial charge in [-0.2, -0.15) is 0 Å². The van der Waals surface area contributed by atoms with Crippen LogP contribution in [-0.2, 0) is 0 Å². The molecule has 1 fully saturated rings. The summed E-state index contributed by atoms with van der Waals surface area (Å²) in [5.74, 6) is 0.755. The van der Waals surface area contributed by atoms with E-state index in [1.165, 1.54) is 0 Å². The van der Waals surface area contributed by atoms with Crippen LogP contribution in [0, 0.1) is 17.7 Å². The van der Waals surface area contributed by atoms with Gasteiger partial charge in [0.1, 0.15) is 0 Å². The molecule has 0 spiro atoms. The molecule has 1 aliphatic rings. The first-order valence-electron chi connectivity index (χ1n) is 7.07. The molecular weight excluding hydrogens is 298 g/mol. The summed E-state index contributed by atoms with van der Waals surface area (Å²) in [5.41, 5.74) is 0.910. The minimum Gasteiger partial charge on any atom is -0.371 e. The number of anilines is 1. The van der Waals surface area contributed by atoms with Crippen molar-refractivity contribution in [3.8, 4) is 0 Å². The maximum atomic E-state index is 13.4. The van der Waals surface area contributed by atoms with Gasteiger partial charge in [-0.3, -0.25) is 0 Å². The molecule has 5 heteroatoms. The van der Waals surface area contributed by atoms with Gasteiger partial charge in [0.15, 0.2) is 5.82 Å². The lowest BCUT2D eigenvalue weighted by molar-refractivity contribution is 0.477. The van der Waals surface area contributed by atoms with E-state index in [9.17, 15) is 4.39 Å². The van der Waals surface area contributed by atoms with E-state index in [4.69, 9.17) is 23.2 Å². The summed E-state index contributed by atoms with van der Waals surface area (Å²) >= 11 is 11.7. The van der Waals surface area contributed by atoms with Crippen molar-refractivity contribution < 1.29 is 4.39 Å². The second-order valence-electron chi connectivity index (χ2n) is 5.88. The van der Waals surface area contributed by atoms with Crippen LogP contribution in [0.5, 0.6) is 0 Å². The standard InChI is InChI=1S/C15H21Cl2FN2/c1-10(2)7-19-8-11-3-4-20(9-11)12-5-13(16)15(18)14(17)6-12/h5-6,10-11,19H,3-4,7-9H2,1-2H3. The largest absolute Gasteiger partial charge is 0.371 e. The Morgan fingerprint density at radius 1 is 1.35 bits per heavy atom. The molecule has 0 saturated carbocycles. The molecule has 0 radical (unpaired) electrons. The highest BCUT2D eigenvalue weighted by Crippen LogP contribution is 2.32. The van der Waals surface area contributed by atoms with E-state index in [1.807, 2.05) is 0 Å². The van der Waals surface area contributed by atoms with Crippen molar-refractivity contribution >= 4 is 28.9 Å². The van der Waals surface area contributed by atoms with Crippen molar-refractivity contribution in [1.82, 2.24) is 5.32 Å². The first-order valence-corrected chi connectivity index (χ1v) is 7.83. The van der Waals surface area contributed by atoms with Crippen molar-refractivity contribution in [3.05, 3.63) is 28.0 Å². The lowest BCUT2D eigenvalue weighted by Crippen LogP contribution is -2.28. The highest BCUT2D eigenvalue weighted by Gasteiger charge is 2.23. The SMILES string of the molecule is CC(C)CNCC1CCN(c2cc(Cl)c(F)c(Cl)c2)C1. The van der Waals surface area contributed by atoms with Crippen LogP contribution in [0.15, 0.2) is 12.1 Å². The van der Waals surface area contributed by atoms with Crippen LogP contribution in [0.4, 0.5) is 10.1 Å². The molecule has 1 aromatic carbocycles. The zero-order valence-electron chi connectivity index (χ0n) is 11.9. The molecule has 0 aromatic heterocycles. The number of nitrogens with one attached hydrogen (secondary N) is 1. The molecule has 0 amide bonds. The summed E-state index contributed by atoms with van der Waals surface area (Å²) < 4.78 is 13.4. The summed E-state index contributed by atoms with van der Waals surface area (Å²) in [7, 11) is 0. The summed E-state index contributed by atoms with van der Waals surface area (Å²) in [5, 5.41) is 3.67. The van der Waals surface area contributed by atoms with E-state index in [0.717, 1.165) is 38.3 Å². The van der Waals surface area contributed by atoms with Gasteiger partial charge in [-0.1, -0.05) is 37.0 Å². The molecule has 1 aliphatic heterocycles. The van der Waals surface area contributed by atoms with Crippen molar-refractivity contribution in [1.29, 1.82) is 0 Å². The van der Waals surface area contributed by atoms with Crippen LogP contribution in [0.1, 0.15) is 20.3 Å². The van der Waals surface area contributed by atoms with E-state index in [0.29, 0.717) is 11.8 Å². The van der Waals surface area contributed by atoms with Crippen LogP contribution in [0.2, 0.25) is 10.0 Å². The average molecular weight is 319 g/mol. The number of nitrogens with zero attached hydrogens (tertiary/aromatic N) is 1. The third kappa shape index (κ3) is 4.00. The summed E-state index contributed by atoms with van der Waals surface area (Å²) in [4.78, 5) is 2.22. The van der Waals surface area contributed by atoms with E-state index in [1.54, 1.807) is 12.1 Å². The van der Waals surface area contributed by atoms with Crippen molar-refractivity contribution in [3.63, 3.8) is 0 Å². The molecule has 1 saturated heterocycles. The third-order valence-corrected chi connectivity index (χ3v) is 4.16. The maximum absolute atomic E-state index is 13.4. The topological polar surface area (TPSA) is 15.3 Å². The lowest BCUT2D eigenvalue weighted by Gasteiger charge is -2.20. The Labute approximate surface area is 130 Å². The minimum atomic E-state index is -0.536. The van der Waals surface area contributed by atoms with Gasteiger partial charge in [0.25, 0.3) is 0 Å². The summed E-state index contributed by atoms with van der Waals surface area (Å²) in [6.45, 7) is 8.41. The van der Waals surface area contributed by atoms with Crippen molar-refractivity contribution in [2.45, 2.75) is 20.3 Å². The van der Waals surface area contributed by atoms with E-state index in [2.05, 4.69) is 24.1 Å². The number of halogens is 3. The van der Waals surface area contributed by atoms with Gasteiger partial charge in [0.2, 0.25) is 0 Å². The smallest absolute Gasteiger partial charge is 0.160 e. The highest BCUT2D eigenvalue weighted by molar-refractivity contribution is 6.35. The van der Waals surface area contributed by atoms with Gasteiger partial charge < -0.3 is 10.2 Å². The Bertz CT molecular complexity index is 442. The van der Waals surface area contributed by atoms with Gasteiger partial charge in [-0.15, -0.1) is 0 Å². The van der Waals surface area contributed by atoms with E-state index >= 15 is 0 Å². The third-order valence-electron chi connectivity index (χ3n) is 3.61. The Morgan fingerprint density at radius 2 is 2.00 bits per heavy atom. The zero-order valence-corrected chi connectivity index (χ0v) is 13.4. The molecule has 2 nitrogen and oxygen atoms in total. The zero-order chi connectivity index (χ0) is 14.7. The van der Waals surface area contributed by atoms with Crippen LogP contribution in [0.25, 0.3) is 0 Å². The predicted molar refractivity (Wildman–Crippen MR) is 84.4 cm³/mol. The molecule has 1 unspecified atom stereocenters. The molecule has 0 aliphatic carbocycles. The first kappa shape index (κ1) is 15.9. The molecule has 1 atom stereocenters. The lowest BCUT2D eigenvalue weighted by atomic mass is 10.1. The normalized spacial score (nSPS) is 19.1. The second-order valence-corrected chi connectivity index (χ2v) is 6.69. The molecule has 0 bridgehead atoms. The number of hydrogen-bond acceptors (Lipinski definition) is 2.